The fraction of sp³-hybridized carbons (Fsp3) is 0.167. The molecule has 0 aliphatic heterocycles. The van der Waals surface area contributed by atoms with Crippen LogP contribution in [0.4, 0.5) is 0 Å². The molecule has 0 saturated heterocycles. The predicted molar refractivity (Wildman–Crippen MR) is 41.5 cm³/mol. The second kappa shape index (κ2) is 4.34. The van der Waals surface area contributed by atoms with Crippen LogP contribution in [0.5, 0.6) is 0 Å². The quantitative estimate of drug-likeness (QED) is 0.491. The smallest absolute Gasteiger partial charge is 1.00 e. The summed E-state index contributed by atoms with van der Waals surface area (Å²) in [5, 5.41) is 4.72. The summed E-state index contributed by atoms with van der Waals surface area (Å²) >= 11 is 0. The van der Waals surface area contributed by atoms with Gasteiger partial charge >= 0.3 is 29.6 Å². The molecule has 62 valence electrons. The Labute approximate surface area is 95.0 Å². The Bertz CT molecular complexity index is 351. The van der Waals surface area contributed by atoms with Crippen molar-refractivity contribution in [2.24, 2.45) is 5.14 Å². The van der Waals surface area contributed by atoms with E-state index < -0.39 is 10.0 Å². The normalized spacial score (nSPS) is 10.5. The van der Waals surface area contributed by atoms with Crippen molar-refractivity contribution < 1.29 is 39.4 Å². The third-order valence-electron chi connectivity index (χ3n) is 1.18. The molecule has 0 amide bonds. The number of hydrogen-bond acceptors (Lipinski definition) is 3. The van der Waals surface area contributed by atoms with Gasteiger partial charge < -0.3 is 1.43 Å². The summed E-state index contributed by atoms with van der Waals surface area (Å²) < 4.78 is 21.3. The van der Waals surface area contributed by atoms with Crippen LogP contribution in [0.2, 0.25) is 0 Å². The molecule has 0 unspecified atom stereocenters. The van der Waals surface area contributed by atoms with Gasteiger partial charge in [-0.05, 0) is 18.6 Å². The van der Waals surface area contributed by atoms with Crippen molar-refractivity contribution in [3.63, 3.8) is 0 Å². The van der Waals surface area contributed by atoms with Gasteiger partial charge in [-0.3, -0.25) is 0 Å². The summed E-state index contributed by atoms with van der Waals surface area (Å²) in [6, 6.07) is 3.03. The molecule has 0 bridgehead atoms. The molecule has 1 rings (SSSR count). The van der Waals surface area contributed by atoms with Gasteiger partial charge in [0.2, 0.25) is 0 Å². The van der Waals surface area contributed by atoms with Gasteiger partial charge in [0.1, 0.15) is 0 Å². The van der Waals surface area contributed by atoms with Crippen molar-refractivity contribution in [1.29, 1.82) is 0 Å². The molecule has 4 nitrogen and oxygen atoms in total. The monoisotopic (exact) mass is 196 g/mol. The van der Waals surface area contributed by atoms with Crippen LogP contribution in [0, 0.1) is 6.92 Å². The van der Waals surface area contributed by atoms with E-state index in [4.69, 9.17) is 5.14 Å². The molecule has 12 heavy (non-hydrogen) atoms. The first-order chi connectivity index (χ1) is 5.00. The maximum absolute atomic E-state index is 10.7. The van der Waals surface area contributed by atoms with E-state index in [9.17, 15) is 8.42 Å². The fourth-order valence-electron chi connectivity index (χ4n) is 0.623. The Hall–Kier alpha value is 0.0600. The van der Waals surface area contributed by atoms with Gasteiger partial charge in [0, 0.05) is 6.20 Å². The van der Waals surface area contributed by atoms with E-state index >= 15 is 0 Å². The van der Waals surface area contributed by atoms with Gasteiger partial charge in [0.25, 0.3) is 10.0 Å². The zero-order valence-electron chi connectivity index (χ0n) is 7.98. The maximum Gasteiger partial charge on any atom is 1.00 e. The summed E-state index contributed by atoms with van der Waals surface area (Å²) in [5.41, 5.74) is 0.900. The van der Waals surface area contributed by atoms with E-state index in [-0.39, 0.29) is 36.0 Å². The van der Waals surface area contributed by atoms with Crippen LogP contribution >= 0.6 is 0 Å². The molecular weight excluding hydrogens is 187 g/mol. The van der Waals surface area contributed by atoms with E-state index in [2.05, 4.69) is 4.98 Å². The summed E-state index contributed by atoms with van der Waals surface area (Å²) in [5.74, 6) is 0. The number of aromatic nitrogens is 1. The predicted octanol–water partition coefficient (Wildman–Crippen LogP) is -2.85. The fourth-order valence-corrected chi connectivity index (χ4v) is 1.08. The second-order valence-electron chi connectivity index (χ2n) is 2.22. The Morgan fingerprint density at radius 1 is 1.50 bits per heavy atom. The molecule has 1 heterocycles. The zero-order valence-corrected chi connectivity index (χ0v) is 9.80. The van der Waals surface area contributed by atoms with Crippen molar-refractivity contribution in [1.82, 2.24) is 4.98 Å². The van der Waals surface area contributed by atoms with E-state index in [1.165, 1.54) is 12.3 Å². The first kappa shape index (κ1) is 12.1. The molecule has 0 aromatic carbocycles. The third kappa shape index (κ3) is 3.20. The van der Waals surface area contributed by atoms with Crippen LogP contribution in [-0.2, 0) is 10.0 Å². The minimum atomic E-state index is -3.63. The van der Waals surface area contributed by atoms with Crippen LogP contribution in [0.25, 0.3) is 0 Å². The standard InChI is InChI=1S/C6H8N2O2S.Na.H/c1-5-2-3-6(8-4-5)11(7,9)10;;/h2-4H,1H3,(H2,7,9,10);;/q;+1;-1. The van der Waals surface area contributed by atoms with Gasteiger partial charge in [0.15, 0.2) is 5.03 Å². The van der Waals surface area contributed by atoms with Crippen molar-refractivity contribution in [2.75, 3.05) is 0 Å². The van der Waals surface area contributed by atoms with Gasteiger partial charge in [0.05, 0.1) is 0 Å². The Kier molecular flexibility index (Phi) is 4.36. The van der Waals surface area contributed by atoms with Crippen molar-refractivity contribution in [3.8, 4) is 0 Å². The zero-order chi connectivity index (χ0) is 8.48. The number of rotatable bonds is 1. The molecule has 0 spiro atoms. The molecule has 0 aliphatic rings. The number of aryl methyl sites for hydroxylation is 1. The summed E-state index contributed by atoms with van der Waals surface area (Å²) in [7, 11) is -3.63. The van der Waals surface area contributed by atoms with Gasteiger partial charge in [-0.25, -0.2) is 18.5 Å². The topological polar surface area (TPSA) is 73.1 Å². The maximum atomic E-state index is 10.7. The van der Waals surface area contributed by atoms with Crippen LogP contribution < -0.4 is 34.7 Å². The third-order valence-corrected chi connectivity index (χ3v) is 2.00. The van der Waals surface area contributed by atoms with Gasteiger partial charge in [-0.15, -0.1) is 0 Å². The van der Waals surface area contributed by atoms with E-state index in [0.29, 0.717) is 0 Å². The Morgan fingerprint density at radius 3 is 2.42 bits per heavy atom. The van der Waals surface area contributed by atoms with Crippen LogP contribution in [0.15, 0.2) is 23.4 Å². The number of pyridine rings is 1. The minimum Gasteiger partial charge on any atom is -1.00 e. The molecule has 0 fully saturated rings. The summed E-state index contributed by atoms with van der Waals surface area (Å²) in [6.07, 6.45) is 1.46. The number of nitrogens with two attached hydrogens (primary N) is 1. The van der Waals surface area contributed by atoms with Crippen LogP contribution in [-0.4, -0.2) is 13.4 Å². The number of primary sulfonamides is 1. The van der Waals surface area contributed by atoms with E-state index in [0.717, 1.165) is 5.56 Å². The Morgan fingerprint density at radius 2 is 2.08 bits per heavy atom. The minimum absolute atomic E-state index is 0. The molecule has 1 aromatic heterocycles. The van der Waals surface area contributed by atoms with Crippen molar-refractivity contribution >= 4 is 10.0 Å². The molecule has 0 radical (unpaired) electrons. The first-order valence-corrected chi connectivity index (χ1v) is 4.50. The van der Waals surface area contributed by atoms with Gasteiger partial charge in [-0.1, -0.05) is 6.07 Å². The van der Waals surface area contributed by atoms with Crippen molar-refractivity contribution in [3.05, 3.63) is 23.9 Å². The number of sulfonamides is 1. The number of nitrogens with zero attached hydrogens (tertiary/aromatic N) is 1. The molecule has 1 aromatic rings. The van der Waals surface area contributed by atoms with Gasteiger partial charge in [-0.2, -0.15) is 0 Å². The molecule has 0 saturated carbocycles. The molecular formula is C6H9N2NaO2S. The molecule has 0 atom stereocenters. The van der Waals surface area contributed by atoms with E-state index in [1.54, 1.807) is 6.07 Å². The SMILES string of the molecule is Cc1ccc(S(N)(=O)=O)nc1.[H-].[Na+]. The molecule has 0 aliphatic carbocycles. The number of hydrogen-bond donors (Lipinski definition) is 1. The first-order valence-electron chi connectivity index (χ1n) is 2.95. The van der Waals surface area contributed by atoms with Crippen LogP contribution in [0.3, 0.4) is 0 Å². The summed E-state index contributed by atoms with van der Waals surface area (Å²) in [6.45, 7) is 1.82. The summed E-state index contributed by atoms with van der Waals surface area (Å²) in [4.78, 5) is 3.64. The average molecular weight is 196 g/mol. The molecule has 6 heteroatoms. The largest absolute Gasteiger partial charge is 1.00 e. The van der Waals surface area contributed by atoms with E-state index in [1.807, 2.05) is 6.92 Å². The Balaban J connectivity index is 0. The average Bonchev–Trinajstić information content (AvgIpc) is 1.86. The molecule has 2 N–H and O–H groups in total. The van der Waals surface area contributed by atoms with Crippen molar-refractivity contribution in [2.45, 2.75) is 11.9 Å². The second-order valence-corrected chi connectivity index (χ2v) is 3.73. The van der Waals surface area contributed by atoms with Crippen LogP contribution in [0.1, 0.15) is 6.99 Å².